The minimum absolute atomic E-state index is 0.593. The average Bonchev–Trinajstić information content (AvgIpc) is 2.73. The molecule has 0 aliphatic rings. The second-order valence-electron chi connectivity index (χ2n) is 6.86. The highest BCUT2D eigenvalue weighted by atomic mass is 15.0. The van der Waals surface area contributed by atoms with Gasteiger partial charge in [-0.25, -0.2) is 0 Å². The maximum absolute atomic E-state index is 6.07. The van der Waals surface area contributed by atoms with E-state index in [2.05, 4.69) is 78.1 Å². The molecule has 0 aromatic heterocycles. The molecule has 0 spiro atoms. The highest BCUT2D eigenvalue weighted by Crippen LogP contribution is 2.40. The minimum Gasteiger partial charge on any atom is -0.399 e. The van der Waals surface area contributed by atoms with E-state index in [0.29, 0.717) is 11.4 Å². The molecule has 0 aliphatic heterocycles. The van der Waals surface area contributed by atoms with Crippen molar-refractivity contribution in [2.75, 3.05) is 16.8 Å². The van der Waals surface area contributed by atoms with Gasteiger partial charge in [0.2, 0.25) is 0 Å². The molecule has 0 fully saturated rings. The van der Waals surface area contributed by atoms with E-state index >= 15 is 0 Å². The van der Waals surface area contributed by atoms with Crippen LogP contribution >= 0.6 is 0 Å². The summed E-state index contributed by atoms with van der Waals surface area (Å²) in [4.78, 5) is 0. The highest BCUT2D eigenvalue weighted by molar-refractivity contribution is 5.68. The fraction of sp³-hybridized carbons (Fsp3) is 0.0400. The SMILES string of the molecule is Nc1cc(N)cc(NC(c2ccccc2)(c2ccccc2)c2ccccc2)c1. The molecule has 0 saturated carbocycles. The van der Waals surface area contributed by atoms with E-state index in [1.165, 1.54) is 0 Å². The van der Waals surface area contributed by atoms with E-state index < -0.39 is 5.54 Å². The van der Waals surface area contributed by atoms with Crippen LogP contribution in [0.15, 0.2) is 109 Å². The number of hydrogen-bond donors (Lipinski definition) is 3. The van der Waals surface area contributed by atoms with Crippen molar-refractivity contribution in [3.8, 4) is 0 Å². The van der Waals surface area contributed by atoms with Crippen molar-refractivity contribution in [2.24, 2.45) is 0 Å². The second kappa shape index (κ2) is 7.49. The van der Waals surface area contributed by atoms with E-state index in [1.54, 1.807) is 6.07 Å². The van der Waals surface area contributed by atoms with Crippen molar-refractivity contribution in [3.63, 3.8) is 0 Å². The lowest BCUT2D eigenvalue weighted by molar-refractivity contribution is 0.712. The number of nitrogens with two attached hydrogens (primary N) is 2. The summed E-state index contributed by atoms with van der Waals surface area (Å²) in [5.74, 6) is 0. The summed E-state index contributed by atoms with van der Waals surface area (Å²) in [6.45, 7) is 0. The molecule has 4 aromatic rings. The zero-order chi connectivity index (χ0) is 19.4. The fourth-order valence-corrected chi connectivity index (χ4v) is 3.75. The van der Waals surface area contributed by atoms with Gasteiger partial charge in [-0.15, -0.1) is 0 Å². The average molecular weight is 365 g/mol. The van der Waals surface area contributed by atoms with Gasteiger partial charge in [-0.05, 0) is 34.9 Å². The molecule has 5 N–H and O–H groups in total. The molecule has 3 nitrogen and oxygen atoms in total. The molecule has 0 atom stereocenters. The van der Waals surface area contributed by atoms with Gasteiger partial charge in [0.1, 0.15) is 5.54 Å². The van der Waals surface area contributed by atoms with Gasteiger partial charge >= 0.3 is 0 Å². The van der Waals surface area contributed by atoms with Gasteiger partial charge in [0, 0.05) is 17.1 Å². The number of anilines is 3. The number of nitrogen functional groups attached to an aromatic ring is 2. The topological polar surface area (TPSA) is 64.1 Å². The quantitative estimate of drug-likeness (QED) is 0.334. The first-order valence-electron chi connectivity index (χ1n) is 9.29. The minimum atomic E-state index is -0.593. The maximum atomic E-state index is 6.07. The number of rotatable bonds is 5. The van der Waals surface area contributed by atoms with Crippen molar-refractivity contribution in [2.45, 2.75) is 5.54 Å². The lowest BCUT2D eigenvalue weighted by atomic mass is 9.77. The monoisotopic (exact) mass is 365 g/mol. The summed E-state index contributed by atoms with van der Waals surface area (Å²) < 4.78 is 0. The lowest BCUT2D eigenvalue weighted by Crippen LogP contribution is -2.38. The van der Waals surface area contributed by atoms with Gasteiger partial charge in [-0.1, -0.05) is 91.0 Å². The standard InChI is InChI=1S/C25H23N3/c26-22-16-23(27)18-24(17-22)28-25(19-10-4-1-5-11-19,20-12-6-2-7-13-20)21-14-8-3-9-15-21/h1-18,28H,26-27H2. The van der Waals surface area contributed by atoms with Crippen LogP contribution in [0.1, 0.15) is 16.7 Å². The third-order valence-corrected chi connectivity index (χ3v) is 4.93. The molecule has 4 aromatic carbocycles. The first kappa shape index (κ1) is 17.7. The molecule has 138 valence electrons. The van der Waals surface area contributed by atoms with Gasteiger partial charge in [0.05, 0.1) is 0 Å². The molecule has 0 amide bonds. The fourth-order valence-electron chi connectivity index (χ4n) is 3.75. The summed E-state index contributed by atoms with van der Waals surface area (Å²) in [6.07, 6.45) is 0. The molecule has 0 saturated heterocycles. The van der Waals surface area contributed by atoms with Gasteiger partial charge in [0.25, 0.3) is 0 Å². The van der Waals surface area contributed by atoms with Crippen molar-refractivity contribution in [1.29, 1.82) is 0 Å². The van der Waals surface area contributed by atoms with Gasteiger partial charge in [-0.2, -0.15) is 0 Å². The molecule has 0 heterocycles. The molecule has 3 heteroatoms. The van der Waals surface area contributed by atoms with Crippen LogP contribution < -0.4 is 16.8 Å². The zero-order valence-corrected chi connectivity index (χ0v) is 15.5. The lowest BCUT2D eigenvalue weighted by Gasteiger charge is -2.38. The van der Waals surface area contributed by atoms with Crippen molar-refractivity contribution < 1.29 is 0 Å². The molecule has 28 heavy (non-hydrogen) atoms. The Balaban J connectivity index is 2.01. The number of nitrogens with one attached hydrogen (secondary N) is 1. The van der Waals surface area contributed by atoms with Crippen molar-refractivity contribution in [3.05, 3.63) is 126 Å². The van der Waals surface area contributed by atoms with Gasteiger partial charge in [0.15, 0.2) is 0 Å². The summed E-state index contributed by atoms with van der Waals surface area (Å²) in [7, 11) is 0. The predicted octanol–water partition coefficient (Wildman–Crippen LogP) is 5.26. The molecule has 0 radical (unpaired) electrons. The van der Waals surface area contributed by atoms with Crippen LogP contribution in [0, 0.1) is 0 Å². The van der Waals surface area contributed by atoms with Crippen LogP contribution in [0.5, 0.6) is 0 Å². The molecule has 0 bridgehead atoms. The Morgan fingerprint density at radius 1 is 0.500 bits per heavy atom. The third kappa shape index (κ3) is 3.30. The Bertz CT molecular complexity index is 928. The van der Waals surface area contributed by atoms with E-state index in [9.17, 15) is 0 Å². The van der Waals surface area contributed by atoms with Gasteiger partial charge in [-0.3, -0.25) is 0 Å². The molecule has 0 unspecified atom stereocenters. The number of benzene rings is 4. The maximum Gasteiger partial charge on any atom is 0.114 e. The normalized spacial score (nSPS) is 11.1. The largest absolute Gasteiger partial charge is 0.399 e. The Morgan fingerprint density at radius 2 is 0.857 bits per heavy atom. The first-order chi connectivity index (χ1) is 13.7. The van der Waals surface area contributed by atoms with E-state index in [0.717, 1.165) is 22.4 Å². The van der Waals surface area contributed by atoms with Crippen LogP contribution in [0.2, 0.25) is 0 Å². The van der Waals surface area contributed by atoms with Crippen LogP contribution in [0.4, 0.5) is 17.1 Å². The predicted molar refractivity (Wildman–Crippen MR) is 118 cm³/mol. The Labute approximate surface area is 165 Å². The molecule has 0 aliphatic carbocycles. The van der Waals surface area contributed by atoms with Crippen LogP contribution in [0.25, 0.3) is 0 Å². The second-order valence-corrected chi connectivity index (χ2v) is 6.86. The first-order valence-corrected chi connectivity index (χ1v) is 9.29. The number of hydrogen-bond acceptors (Lipinski definition) is 3. The highest BCUT2D eigenvalue weighted by Gasteiger charge is 2.36. The van der Waals surface area contributed by atoms with E-state index in [1.807, 2.05) is 30.3 Å². The van der Waals surface area contributed by atoms with Crippen LogP contribution in [-0.4, -0.2) is 0 Å². The zero-order valence-electron chi connectivity index (χ0n) is 15.5. The van der Waals surface area contributed by atoms with Crippen molar-refractivity contribution >= 4 is 17.1 Å². The van der Waals surface area contributed by atoms with E-state index in [4.69, 9.17) is 11.5 Å². The molecule has 4 rings (SSSR count). The summed E-state index contributed by atoms with van der Waals surface area (Å²) in [5, 5.41) is 3.76. The molecular weight excluding hydrogens is 342 g/mol. The summed E-state index contributed by atoms with van der Waals surface area (Å²) >= 11 is 0. The van der Waals surface area contributed by atoms with Crippen LogP contribution in [-0.2, 0) is 5.54 Å². The smallest absolute Gasteiger partial charge is 0.114 e. The summed E-state index contributed by atoms with van der Waals surface area (Å²) in [5.41, 5.74) is 17.1. The molecular formula is C25H23N3. The Hall–Kier alpha value is -3.72. The third-order valence-electron chi connectivity index (χ3n) is 4.93. The van der Waals surface area contributed by atoms with Gasteiger partial charge < -0.3 is 16.8 Å². The van der Waals surface area contributed by atoms with Crippen LogP contribution in [0.3, 0.4) is 0 Å². The van der Waals surface area contributed by atoms with Crippen molar-refractivity contribution in [1.82, 2.24) is 0 Å². The Morgan fingerprint density at radius 3 is 1.21 bits per heavy atom. The van der Waals surface area contributed by atoms with E-state index in [-0.39, 0.29) is 0 Å². The summed E-state index contributed by atoms with van der Waals surface area (Å²) in [6, 6.07) is 36.9. The Kier molecular flexibility index (Phi) is 4.73.